The van der Waals surface area contributed by atoms with Crippen LogP contribution in [0.1, 0.15) is 18.1 Å². The van der Waals surface area contributed by atoms with Crippen LogP contribution in [-0.4, -0.2) is 30.8 Å². The Morgan fingerprint density at radius 2 is 1.71 bits per heavy atom. The van der Waals surface area contributed by atoms with Gasteiger partial charge in [-0.3, -0.25) is 0 Å². The van der Waals surface area contributed by atoms with E-state index in [2.05, 4.69) is 28.8 Å². The average Bonchev–Trinajstić information content (AvgIpc) is 2.70. The smallest absolute Gasteiger partial charge is 0.124 e. The van der Waals surface area contributed by atoms with Crippen molar-refractivity contribution in [3.8, 4) is 5.75 Å². The molecule has 0 aliphatic heterocycles. The molecule has 148 valence electrons. The van der Waals surface area contributed by atoms with Crippen LogP contribution in [-0.2, 0) is 13.2 Å². The van der Waals surface area contributed by atoms with Gasteiger partial charge < -0.3 is 20.5 Å². The number of halogens is 1. The molecule has 0 saturated carbocycles. The normalized spacial score (nSPS) is 12.2. The Labute approximate surface area is 165 Å². The summed E-state index contributed by atoms with van der Waals surface area (Å²) in [6.07, 6.45) is -0.343. The summed E-state index contributed by atoms with van der Waals surface area (Å²) in [4.78, 5) is 0. The average molecular weight is 382 g/mol. The van der Waals surface area contributed by atoms with E-state index in [9.17, 15) is 9.50 Å². The van der Waals surface area contributed by atoms with E-state index in [1.165, 1.54) is 17.5 Å². The van der Waals surface area contributed by atoms with Crippen molar-refractivity contribution in [1.29, 1.82) is 0 Å². The molecule has 0 fully saturated rings. The van der Waals surface area contributed by atoms with E-state index in [0.717, 1.165) is 35.4 Å². The molecule has 3 N–H and O–H groups in total. The van der Waals surface area contributed by atoms with Gasteiger partial charge in [0.1, 0.15) is 18.2 Å². The fraction of sp³-hybridized carbons (Fsp3) is 0.304. The highest BCUT2D eigenvalue weighted by atomic mass is 19.1. The Kier molecular flexibility index (Phi) is 7.37. The van der Waals surface area contributed by atoms with Crippen molar-refractivity contribution in [2.75, 3.05) is 19.6 Å². The number of aliphatic hydroxyl groups excluding tert-OH is 1. The molecule has 4 nitrogen and oxygen atoms in total. The van der Waals surface area contributed by atoms with E-state index in [0.29, 0.717) is 19.7 Å². The summed E-state index contributed by atoms with van der Waals surface area (Å²) >= 11 is 0. The zero-order valence-electron chi connectivity index (χ0n) is 16.1. The van der Waals surface area contributed by atoms with Crippen LogP contribution in [0.4, 0.5) is 4.39 Å². The highest BCUT2D eigenvalue weighted by Crippen LogP contribution is 2.28. The van der Waals surface area contributed by atoms with Crippen molar-refractivity contribution in [1.82, 2.24) is 10.6 Å². The summed E-state index contributed by atoms with van der Waals surface area (Å²) < 4.78 is 19.2. The van der Waals surface area contributed by atoms with Crippen molar-refractivity contribution >= 4 is 10.8 Å². The van der Waals surface area contributed by atoms with Gasteiger partial charge in [-0.05, 0) is 41.5 Å². The van der Waals surface area contributed by atoms with Gasteiger partial charge in [-0.2, -0.15) is 0 Å². The molecule has 0 amide bonds. The lowest BCUT2D eigenvalue weighted by Gasteiger charge is -2.15. The van der Waals surface area contributed by atoms with E-state index in [-0.39, 0.29) is 11.9 Å². The molecule has 1 unspecified atom stereocenters. The van der Waals surface area contributed by atoms with Gasteiger partial charge >= 0.3 is 0 Å². The Morgan fingerprint density at radius 3 is 2.50 bits per heavy atom. The van der Waals surface area contributed by atoms with Crippen molar-refractivity contribution in [2.24, 2.45) is 0 Å². The van der Waals surface area contributed by atoms with E-state index in [1.54, 1.807) is 19.1 Å². The van der Waals surface area contributed by atoms with E-state index in [1.807, 2.05) is 18.2 Å². The SMILES string of the molecule is CC(O)CNCCNCc1c(OCc2ccc(F)cc2)ccc2ccccc12. The van der Waals surface area contributed by atoms with Gasteiger partial charge in [0.05, 0.1) is 6.10 Å². The molecule has 5 heteroatoms. The molecule has 0 spiro atoms. The Morgan fingerprint density at radius 1 is 0.964 bits per heavy atom. The van der Waals surface area contributed by atoms with Crippen LogP contribution in [0.2, 0.25) is 0 Å². The van der Waals surface area contributed by atoms with Crippen molar-refractivity contribution < 1.29 is 14.2 Å². The first-order valence-electron chi connectivity index (χ1n) is 9.61. The molecular formula is C23H27FN2O2. The fourth-order valence-electron chi connectivity index (χ4n) is 3.08. The van der Waals surface area contributed by atoms with Crippen LogP contribution < -0.4 is 15.4 Å². The minimum absolute atomic E-state index is 0.247. The summed E-state index contributed by atoms with van der Waals surface area (Å²) in [5, 5.41) is 18.3. The van der Waals surface area contributed by atoms with E-state index >= 15 is 0 Å². The topological polar surface area (TPSA) is 53.5 Å². The van der Waals surface area contributed by atoms with Crippen LogP contribution in [0.3, 0.4) is 0 Å². The molecule has 0 heterocycles. The third-order valence-electron chi connectivity index (χ3n) is 4.53. The first-order valence-corrected chi connectivity index (χ1v) is 9.61. The number of ether oxygens (including phenoxy) is 1. The van der Waals surface area contributed by atoms with Gasteiger partial charge in [-0.25, -0.2) is 4.39 Å². The number of aliphatic hydroxyl groups is 1. The van der Waals surface area contributed by atoms with Gasteiger partial charge in [-0.15, -0.1) is 0 Å². The van der Waals surface area contributed by atoms with Crippen LogP contribution in [0.5, 0.6) is 5.75 Å². The number of nitrogens with one attached hydrogen (secondary N) is 2. The van der Waals surface area contributed by atoms with Gasteiger partial charge in [0.15, 0.2) is 0 Å². The van der Waals surface area contributed by atoms with Crippen LogP contribution in [0, 0.1) is 5.82 Å². The Bertz CT molecular complexity index is 881. The zero-order chi connectivity index (χ0) is 19.8. The summed E-state index contributed by atoms with van der Waals surface area (Å²) in [7, 11) is 0. The highest BCUT2D eigenvalue weighted by Gasteiger charge is 2.09. The number of hydrogen-bond donors (Lipinski definition) is 3. The molecule has 0 aliphatic carbocycles. The maximum Gasteiger partial charge on any atom is 0.124 e. The third-order valence-corrected chi connectivity index (χ3v) is 4.53. The summed E-state index contributed by atoms with van der Waals surface area (Å²) in [5.74, 6) is 0.580. The highest BCUT2D eigenvalue weighted by molar-refractivity contribution is 5.87. The fourth-order valence-corrected chi connectivity index (χ4v) is 3.08. The van der Waals surface area contributed by atoms with E-state index < -0.39 is 0 Å². The molecular weight excluding hydrogens is 355 g/mol. The van der Waals surface area contributed by atoms with Crippen molar-refractivity contribution in [3.63, 3.8) is 0 Å². The van der Waals surface area contributed by atoms with Gasteiger partial charge in [-0.1, -0.05) is 42.5 Å². The van der Waals surface area contributed by atoms with Crippen LogP contribution in [0.15, 0.2) is 60.7 Å². The predicted molar refractivity (Wildman–Crippen MR) is 111 cm³/mol. The third kappa shape index (κ3) is 5.76. The molecule has 0 aromatic heterocycles. The number of fused-ring (bicyclic) bond motifs is 1. The molecule has 1 atom stereocenters. The first kappa shape index (κ1) is 20.3. The lowest BCUT2D eigenvalue weighted by atomic mass is 10.0. The molecule has 3 aromatic carbocycles. The number of hydrogen-bond acceptors (Lipinski definition) is 4. The molecule has 0 radical (unpaired) electrons. The predicted octanol–water partition coefficient (Wildman–Crippen LogP) is 3.62. The molecule has 3 aromatic rings. The minimum atomic E-state index is -0.343. The van der Waals surface area contributed by atoms with Crippen LogP contribution >= 0.6 is 0 Å². The maximum absolute atomic E-state index is 13.1. The lowest BCUT2D eigenvalue weighted by Crippen LogP contribution is -2.31. The molecule has 0 aliphatic rings. The largest absolute Gasteiger partial charge is 0.489 e. The zero-order valence-corrected chi connectivity index (χ0v) is 16.1. The Hall–Kier alpha value is -2.47. The lowest BCUT2D eigenvalue weighted by molar-refractivity contribution is 0.191. The quantitative estimate of drug-likeness (QED) is 0.469. The molecule has 0 saturated heterocycles. The monoisotopic (exact) mass is 382 g/mol. The minimum Gasteiger partial charge on any atom is -0.489 e. The maximum atomic E-state index is 13.1. The first-order chi connectivity index (χ1) is 13.6. The molecule has 0 bridgehead atoms. The molecule has 28 heavy (non-hydrogen) atoms. The second-order valence-electron chi connectivity index (χ2n) is 6.91. The Balaban J connectivity index is 1.68. The second kappa shape index (κ2) is 10.2. The number of benzene rings is 3. The van der Waals surface area contributed by atoms with Crippen molar-refractivity contribution in [3.05, 3.63) is 77.6 Å². The van der Waals surface area contributed by atoms with Gasteiger partial charge in [0.2, 0.25) is 0 Å². The summed E-state index contributed by atoms with van der Waals surface area (Å²) in [6, 6.07) is 18.7. The van der Waals surface area contributed by atoms with Crippen molar-refractivity contribution in [2.45, 2.75) is 26.2 Å². The van der Waals surface area contributed by atoms with E-state index in [4.69, 9.17) is 4.74 Å². The van der Waals surface area contributed by atoms with Gasteiger partial charge in [0, 0.05) is 31.7 Å². The van der Waals surface area contributed by atoms with Gasteiger partial charge in [0.25, 0.3) is 0 Å². The second-order valence-corrected chi connectivity index (χ2v) is 6.91. The molecule has 3 rings (SSSR count). The summed E-state index contributed by atoms with van der Waals surface area (Å²) in [5.41, 5.74) is 2.03. The summed E-state index contributed by atoms with van der Waals surface area (Å²) in [6.45, 7) is 4.98. The van der Waals surface area contributed by atoms with Crippen LogP contribution in [0.25, 0.3) is 10.8 Å². The number of rotatable bonds is 10. The standard InChI is InChI=1S/C23H27FN2O2/c1-17(27)14-25-12-13-26-15-22-21-5-3-2-4-19(21)8-11-23(22)28-16-18-6-9-20(24)10-7-18/h2-11,17,25-27H,12-16H2,1H3.